The Morgan fingerprint density at radius 3 is 2.29 bits per heavy atom. The van der Waals surface area contributed by atoms with Crippen molar-refractivity contribution < 1.29 is 17.9 Å². The molecule has 1 saturated heterocycles. The van der Waals surface area contributed by atoms with Gasteiger partial charge in [0.2, 0.25) is 10.0 Å². The molecule has 0 N–H and O–H groups in total. The molecular weight excluding hydrogens is 376 g/mol. The molecule has 0 unspecified atom stereocenters. The smallest absolute Gasteiger partial charge is 0.309 e. The number of benzene rings is 2. The highest BCUT2D eigenvalue weighted by Gasteiger charge is 2.33. The second-order valence-electron chi connectivity index (χ2n) is 6.80. The first-order valence-electron chi connectivity index (χ1n) is 9.17. The first-order valence-corrected chi connectivity index (χ1v) is 10.6. The zero-order valence-corrected chi connectivity index (χ0v) is 16.4. The molecule has 0 spiro atoms. The number of ether oxygens (including phenoxy) is 1. The van der Waals surface area contributed by atoms with E-state index < -0.39 is 10.0 Å². The molecular formula is C21H22N2O4S. The molecule has 2 aromatic rings. The maximum absolute atomic E-state index is 12.8. The van der Waals surface area contributed by atoms with Gasteiger partial charge in [0, 0.05) is 13.1 Å². The van der Waals surface area contributed by atoms with Crippen LogP contribution in [0.4, 0.5) is 0 Å². The van der Waals surface area contributed by atoms with Crippen LogP contribution in [0.25, 0.3) is 0 Å². The van der Waals surface area contributed by atoms with E-state index in [0.717, 1.165) is 5.56 Å². The number of hydrogen-bond donors (Lipinski definition) is 0. The van der Waals surface area contributed by atoms with E-state index in [2.05, 4.69) is 0 Å². The molecule has 0 aliphatic carbocycles. The van der Waals surface area contributed by atoms with E-state index in [4.69, 9.17) is 10.00 Å². The number of esters is 1. The second-order valence-corrected chi connectivity index (χ2v) is 8.74. The third kappa shape index (κ3) is 4.41. The van der Waals surface area contributed by atoms with Crippen LogP contribution in [0.15, 0.2) is 59.5 Å². The van der Waals surface area contributed by atoms with Gasteiger partial charge in [-0.1, -0.05) is 30.3 Å². The zero-order valence-electron chi connectivity index (χ0n) is 15.6. The van der Waals surface area contributed by atoms with Crippen LogP contribution < -0.4 is 0 Å². The molecule has 1 atom stereocenters. The molecule has 2 aromatic carbocycles. The Balaban J connectivity index is 1.59. The van der Waals surface area contributed by atoms with E-state index in [0.29, 0.717) is 18.4 Å². The topological polar surface area (TPSA) is 87.5 Å². The molecule has 1 aliphatic rings. The van der Waals surface area contributed by atoms with Crippen LogP contribution in [0.1, 0.15) is 37.0 Å². The van der Waals surface area contributed by atoms with E-state index in [9.17, 15) is 13.2 Å². The molecule has 0 radical (unpaired) electrons. The van der Waals surface area contributed by atoms with Gasteiger partial charge in [0.15, 0.2) is 0 Å². The fraction of sp³-hybridized carbons (Fsp3) is 0.333. The Hall–Kier alpha value is -2.69. The lowest BCUT2D eigenvalue weighted by Gasteiger charge is -2.30. The standard InChI is InChI=1S/C21H22N2O4S/c1-16(18-5-3-2-4-6-18)27-21(24)19-11-13-23(14-12-19)28(25,26)20-9-7-17(15-22)8-10-20/h2-10,16,19H,11-14H2,1H3/t16-/m0/s1. The monoisotopic (exact) mass is 398 g/mol. The summed E-state index contributed by atoms with van der Waals surface area (Å²) in [5, 5.41) is 8.84. The number of hydrogen-bond acceptors (Lipinski definition) is 5. The van der Waals surface area contributed by atoms with Crippen molar-refractivity contribution in [3.05, 3.63) is 65.7 Å². The lowest BCUT2D eigenvalue weighted by atomic mass is 9.98. The molecule has 0 amide bonds. The highest BCUT2D eigenvalue weighted by Crippen LogP contribution is 2.27. The molecule has 3 rings (SSSR count). The minimum absolute atomic E-state index is 0.158. The highest BCUT2D eigenvalue weighted by molar-refractivity contribution is 7.89. The summed E-state index contributed by atoms with van der Waals surface area (Å²) in [7, 11) is -3.63. The van der Waals surface area contributed by atoms with Gasteiger partial charge in [0.05, 0.1) is 22.4 Å². The number of carbonyl (C=O) groups is 1. The van der Waals surface area contributed by atoms with Crippen molar-refractivity contribution in [1.29, 1.82) is 5.26 Å². The molecule has 0 aromatic heterocycles. The van der Waals surface area contributed by atoms with Crippen molar-refractivity contribution in [2.24, 2.45) is 5.92 Å². The van der Waals surface area contributed by atoms with Gasteiger partial charge < -0.3 is 4.74 Å². The lowest BCUT2D eigenvalue weighted by Crippen LogP contribution is -2.40. The first-order chi connectivity index (χ1) is 13.4. The quantitative estimate of drug-likeness (QED) is 0.722. The summed E-state index contributed by atoms with van der Waals surface area (Å²) in [6, 6.07) is 17.3. The van der Waals surface area contributed by atoms with Crippen molar-refractivity contribution in [1.82, 2.24) is 4.31 Å². The number of rotatable bonds is 5. The summed E-state index contributed by atoms with van der Waals surface area (Å²) in [5.41, 5.74) is 1.34. The molecule has 1 fully saturated rings. The maximum Gasteiger partial charge on any atom is 0.309 e. The van der Waals surface area contributed by atoms with Crippen LogP contribution in [0.2, 0.25) is 0 Å². The van der Waals surface area contributed by atoms with Gasteiger partial charge in [-0.3, -0.25) is 4.79 Å². The summed E-state index contributed by atoms with van der Waals surface area (Å²) in [4.78, 5) is 12.6. The van der Waals surface area contributed by atoms with Gasteiger partial charge >= 0.3 is 5.97 Å². The Kier molecular flexibility index (Phi) is 6.12. The van der Waals surface area contributed by atoms with Crippen molar-refractivity contribution in [2.75, 3.05) is 13.1 Å². The van der Waals surface area contributed by atoms with Gasteiger partial charge in [-0.15, -0.1) is 0 Å². The third-order valence-electron chi connectivity index (χ3n) is 4.97. The average molecular weight is 398 g/mol. The van der Waals surface area contributed by atoms with Crippen LogP contribution in [-0.4, -0.2) is 31.8 Å². The summed E-state index contributed by atoms with van der Waals surface area (Å²) < 4.78 is 32.5. The fourth-order valence-corrected chi connectivity index (χ4v) is 4.71. The van der Waals surface area contributed by atoms with Crippen LogP contribution in [-0.2, 0) is 19.6 Å². The van der Waals surface area contributed by atoms with Gasteiger partial charge in [-0.25, -0.2) is 8.42 Å². The highest BCUT2D eigenvalue weighted by atomic mass is 32.2. The largest absolute Gasteiger partial charge is 0.458 e. The predicted molar refractivity (Wildman–Crippen MR) is 104 cm³/mol. The normalized spacial score (nSPS) is 16.9. The third-order valence-corrected chi connectivity index (χ3v) is 6.88. The maximum atomic E-state index is 12.8. The first kappa shape index (κ1) is 20.1. The molecule has 1 heterocycles. The van der Waals surface area contributed by atoms with Gasteiger partial charge in [0.25, 0.3) is 0 Å². The Bertz CT molecular complexity index is 958. The van der Waals surface area contributed by atoms with Crippen molar-refractivity contribution in [2.45, 2.75) is 30.8 Å². The van der Waals surface area contributed by atoms with Gasteiger partial charge in [0.1, 0.15) is 6.10 Å². The Morgan fingerprint density at radius 1 is 1.11 bits per heavy atom. The minimum atomic E-state index is -3.63. The van der Waals surface area contributed by atoms with Crippen molar-refractivity contribution in [3.8, 4) is 6.07 Å². The molecule has 0 bridgehead atoms. The average Bonchev–Trinajstić information content (AvgIpc) is 2.74. The molecule has 6 nitrogen and oxygen atoms in total. The predicted octanol–water partition coefficient (Wildman–Crippen LogP) is 3.26. The van der Waals surface area contributed by atoms with Gasteiger partial charge in [-0.2, -0.15) is 9.57 Å². The lowest BCUT2D eigenvalue weighted by molar-refractivity contribution is -0.155. The number of piperidine rings is 1. The Morgan fingerprint density at radius 2 is 1.71 bits per heavy atom. The fourth-order valence-electron chi connectivity index (χ4n) is 3.24. The molecule has 0 saturated carbocycles. The number of nitrogens with zero attached hydrogens (tertiary/aromatic N) is 2. The van der Waals surface area contributed by atoms with Crippen LogP contribution in [0, 0.1) is 17.2 Å². The summed E-state index contributed by atoms with van der Waals surface area (Å²) >= 11 is 0. The van der Waals surface area contributed by atoms with E-state index in [1.54, 1.807) is 0 Å². The summed E-state index contributed by atoms with van der Waals surface area (Å²) in [5.74, 6) is -0.592. The SMILES string of the molecule is C[C@H](OC(=O)C1CCN(S(=O)(=O)c2ccc(C#N)cc2)CC1)c1ccccc1. The zero-order chi connectivity index (χ0) is 20.1. The number of carbonyl (C=O) groups excluding carboxylic acids is 1. The molecule has 1 aliphatic heterocycles. The summed E-state index contributed by atoms with van der Waals surface area (Å²) in [6.45, 7) is 2.36. The molecule has 7 heteroatoms. The van der Waals surface area contributed by atoms with Crippen LogP contribution in [0.3, 0.4) is 0 Å². The van der Waals surface area contributed by atoms with Crippen molar-refractivity contribution in [3.63, 3.8) is 0 Å². The van der Waals surface area contributed by atoms with E-state index in [1.165, 1.54) is 28.6 Å². The second kappa shape index (κ2) is 8.55. The van der Waals surface area contributed by atoms with Crippen LogP contribution in [0.5, 0.6) is 0 Å². The van der Waals surface area contributed by atoms with E-state index in [-0.39, 0.29) is 36.0 Å². The molecule has 146 valence electrons. The summed E-state index contributed by atoms with van der Waals surface area (Å²) in [6.07, 6.45) is 0.514. The van der Waals surface area contributed by atoms with Crippen LogP contribution >= 0.6 is 0 Å². The van der Waals surface area contributed by atoms with E-state index >= 15 is 0 Å². The molecule has 28 heavy (non-hydrogen) atoms. The van der Waals surface area contributed by atoms with Crippen molar-refractivity contribution >= 4 is 16.0 Å². The number of sulfonamides is 1. The number of nitriles is 1. The Labute approximate surface area is 165 Å². The minimum Gasteiger partial charge on any atom is -0.458 e. The van der Waals surface area contributed by atoms with Gasteiger partial charge in [-0.05, 0) is 49.6 Å². The van der Waals surface area contributed by atoms with E-state index in [1.807, 2.05) is 43.3 Å².